The van der Waals surface area contributed by atoms with Crippen molar-refractivity contribution < 1.29 is 9.53 Å². The summed E-state index contributed by atoms with van der Waals surface area (Å²) in [7, 11) is 0. The standard InChI is InChI=1S/C24H26N6O2/c1-16-15-32-13-12-30(16)22-14-21(20-4-2-3-11-25-20)28-23(29-22)17-5-7-18(8-6-17)26-24(31)27-19-9-10-19/h2-8,11,14,16,19H,9-10,12-13,15H2,1H3,(H2,26,27,31). The van der Waals surface area contributed by atoms with Crippen LogP contribution in [-0.4, -0.2) is 52.8 Å². The number of ether oxygens (including phenoxy) is 1. The zero-order valence-corrected chi connectivity index (χ0v) is 18.0. The van der Waals surface area contributed by atoms with Gasteiger partial charge in [-0.3, -0.25) is 4.98 Å². The summed E-state index contributed by atoms with van der Waals surface area (Å²) in [5.74, 6) is 1.48. The molecule has 5 rings (SSSR count). The molecule has 164 valence electrons. The van der Waals surface area contributed by atoms with Gasteiger partial charge in [0.1, 0.15) is 5.82 Å². The fraction of sp³-hybridized carbons (Fsp3) is 0.333. The third-order valence-corrected chi connectivity index (χ3v) is 5.62. The maximum Gasteiger partial charge on any atom is 0.319 e. The van der Waals surface area contributed by atoms with Crippen LogP contribution in [-0.2, 0) is 4.74 Å². The van der Waals surface area contributed by atoms with Crippen molar-refractivity contribution in [1.29, 1.82) is 0 Å². The maximum atomic E-state index is 12.0. The fourth-order valence-corrected chi connectivity index (χ4v) is 3.71. The minimum Gasteiger partial charge on any atom is -0.377 e. The van der Waals surface area contributed by atoms with Gasteiger partial charge in [-0.25, -0.2) is 14.8 Å². The summed E-state index contributed by atoms with van der Waals surface area (Å²) < 4.78 is 5.60. The highest BCUT2D eigenvalue weighted by Crippen LogP contribution is 2.27. The Hall–Kier alpha value is -3.52. The summed E-state index contributed by atoms with van der Waals surface area (Å²) in [6, 6.07) is 15.7. The quantitative estimate of drug-likeness (QED) is 0.641. The van der Waals surface area contributed by atoms with Crippen molar-refractivity contribution in [3.8, 4) is 22.8 Å². The molecular weight excluding hydrogens is 404 g/mol. The number of hydrogen-bond donors (Lipinski definition) is 2. The van der Waals surface area contributed by atoms with E-state index in [9.17, 15) is 4.79 Å². The van der Waals surface area contributed by atoms with Crippen LogP contribution >= 0.6 is 0 Å². The van der Waals surface area contributed by atoms with Gasteiger partial charge >= 0.3 is 6.03 Å². The largest absolute Gasteiger partial charge is 0.377 e. The molecule has 2 aromatic heterocycles. The topological polar surface area (TPSA) is 92.3 Å². The molecule has 1 saturated carbocycles. The van der Waals surface area contributed by atoms with E-state index in [1.165, 1.54) is 0 Å². The molecule has 0 spiro atoms. The highest BCUT2D eigenvalue weighted by atomic mass is 16.5. The van der Waals surface area contributed by atoms with Gasteiger partial charge in [-0.05, 0) is 56.2 Å². The fourth-order valence-electron chi connectivity index (χ4n) is 3.71. The Morgan fingerprint density at radius 1 is 1.09 bits per heavy atom. The molecule has 8 nitrogen and oxygen atoms in total. The van der Waals surface area contributed by atoms with Crippen molar-refractivity contribution in [3.63, 3.8) is 0 Å². The maximum absolute atomic E-state index is 12.0. The first-order chi connectivity index (χ1) is 15.7. The van der Waals surface area contributed by atoms with E-state index >= 15 is 0 Å². The third kappa shape index (κ3) is 4.70. The summed E-state index contributed by atoms with van der Waals surface area (Å²) in [6.07, 6.45) is 3.88. The number of morpholine rings is 1. The monoisotopic (exact) mass is 430 g/mol. The molecule has 1 atom stereocenters. The molecule has 3 heterocycles. The second-order valence-corrected chi connectivity index (χ2v) is 8.22. The van der Waals surface area contributed by atoms with Crippen LogP contribution in [0.25, 0.3) is 22.8 Å². The first-order valence-corrected chi connectivity index (χ1v) is 11.0. The van der Waals surface area contributed by atoms with Crippen LogP contribution in [0.4, 0.5) is 16.3 Å². The SMILES string of the molecule is CC1COCCN1c1cc(-c2ccccn2)nc(-c2ccc(NC(=O)NC3CC3)cc2)n1. The van der Waals surface area contributed by atoms with Gasteiger partial charge in [0.25, 0.3) is 0 Å². The lowest BCUT2D eigenvalue weighted by molar-refractivity contribution is 0.0985. The Morgan fingerprint density at radius 3 is 2.66 bits per heavy atom. The molecule has 2 amide bonds. The van der Waals surface area contributed by atoms with E-state index in [2.05, 4.69) is 27.4 Å². The summed E-state index contributed by atoms with van der Waals surface area (Å²) >= 11 is 0. The van der Waals surface area contributed by atoms with Gasteiger partial charge in [0.05, 0.1) is 30.6 Å². The molecule has 2 N–H and O–H groups in total. The zero-order chi connectivity index (χ0) is 21.9. The van der Waals surface area contributed by atoms with Gasteiger partial charge in [0.15, 0.2) is 5.82 Å². The van der Waals surface area contributed by atoms with E-state index in [4.69, 9.17) is 14.7 Å². The van der Waals surface area contributed by atoms with E-state index < -0.39 is 0 Å². The number of pyridine rings is 1. The van der Waals surface area contributed by atoms with Crippen molar-refractivity contribution in [2.24, 2.45) is 0 Å². The first-order valence-electron chi connectivity index (χ1n) is 11.0. The number of benzene rings is 1. The van der Waals surface area contributed by atoms with Crippen LogP contribution in [0.5, 0.6) is 0 Å². The molecule has 1 saturated heterocycles. The molecule has 1 aliphatic heterocycles. The number of nitrogens with one attached hydrogen (secondary N) is 2. The van der Waals surface area contributed by atoms with Crippen LogP contribution < -0.4 is 15.5 Å². The number of carbonyl (C=O) groups excluding carboxylic acids is 1. The lowest BCUT2D eigenvalue weighted by Gasteiger charge is -2.34. The highest BCUT2D eigenvalue weighted by molar-refractivity contribution is 5.89. The predicted molar refractivity (Wildman–Crippen MR) is 124 cm³/mol. The van der Waals surface area contributed by atoms with E-state index in [0.29, 0.717) is 25.1 Å². The summed E-state index contributed by atoms with van der Waals surface area (Å²) in [5.41, 5.74) is 3.18. The van der Waals surface area contributed by atoms with Crippen LogP contribution in [0.3, 0.4) is 0 Å². The number of hydrogen-bond acceptors (Lipinski definition) is 6. The molecule has 2 fully saturated rings. The number of anilines is 2. The number of nitrogens with zero attached hydrogens (tertiary/aromatic N) is 4. The van der Waals surface area contributed by atoms with Gasteiger partial charge in [0, 0.05) is 36.1 Å². The van der Waals surface area contributed by atoms with Crippen LogP contribution in [0.15, 0.2) is 54.7 Å². The van der Waals surface area contributed by atoms with E-state index in [-0.39, 0.29) is 12.1 Å². The van der Waals surface area contributed by atoms with Crippen molar-refractivity contribution >= 4 is 17.5 Å². The Labute approximate surface area is 187 Å². The number of amides is 2. The van der Waals surface area contributed by atoms with Crippen LogP contribution in [0.1, 0.15) is 19.8 Å². The molecule has 0 bridgehead atoms. The van der Waals surface area contributed by atoms with Gasteiger partial charge < -0.3 is 20.3 Å². The third-order valence-electron chi connectivity index (χ3n) is 5.62. The van der Waals surface area contributed by atoms with Crippen LogP contribution in [0.2, 0.25) is 0 Å². The Bertz CT molecular complexity index is 1090. The van der Waals surface area contributed by atoms with E-state index in [0.717, 1.165) is 47.8 Å². The lowest BCUT2D eigenvalue weighted by Crippen LogP contribution is -2.44. The second-order valence-electron chi connectivity index (χ2n) is 8.22. The van der Waals surface area contributed by atoms with Crippen molar-refractivity contribution in [1.82, 2.24) is 20.3 Å². The summed E-state index contributed by atoms with van der Waals surface area (Å²) in [5, 5.41) is 5.80. The number of urea groups is 1. The molecule has 0 radical (unpaired) electrons. The lowest BCUT2D eigenvalue weighted by atomic mass is 10.1. The zero-order valence-electron chi connectivity index (χ0n) is 18.0. The predicted octanol–water partition coefficient (Wildman–Crippen LogP) is 3.71. The average molecular weight is 431 g/mol. The average Bonchev–Trinajstić information content (AvgIpc) is 3.64. The minimum absolute atomic E-state index is 0.169. The molecular formula is C24H26N6O2. The molecule has 1 aromatic carbocycles. The highest BCUT2D eigenvalue weighted by Gasteiger charge is 2.24. The van der Waals surface area contributed by atoms with Gasteiger partial charge in [-0.2, -0.15) is 0 Å². The van der Waals surface area contributed by atoms with Crippen molar-refractivity contribution in [2.75, 3.05) is 30.0 Å². The number of aromatic nitrogens is 3. The van der Waals surface area contributed by atoms with Crippen molar-refractivity contribution in [3.05, 3.63) is 54.7 Å². The normalized spacial score (nSPS) is 18.3. The molecule has 3 aromatic rings. The van der Waals surface area contributed by atoms with Crippen molar-refractivity contribution in [2.45, 2.75) is 31.8 Å². The Kier molecular flexibility index (Phi) is 5.68. The van der Waals surface area contributed by atoms with E-state index in [1.807, 2.05) is 48.5 Å². The number of carbonyl (C=O) groups is 1. The Balaban J connectivity index is 1.45. The van der Waals surface area contributed by atoms with E-state index in [1.54, 1.807) is 6.20 Å². The van der Waals surface area contributed by atoms with Gasteiger partial charge in [-0.15, -0.1) is 0 Å². The molecule has 1 unspecified atom stereocenters. The minimum atomic E-state index is -0.169. The number of rotatable bonds is 5. The molecule has 8 heteroatoms. The second kappa shape index (κ2) is 8.92. The molecule has 2 aliphatic rings. The molecule has 32 heavy (non-hydrogen) atoms. The summed E-state index contributed by atoms with van der Waals surface area (Å²) in [4.78, 5) is 28.4. The molecule has 1 aliphatic carbocycles. The smallest absolute Gasteiger partial charge is 0.319 e. The first kappa shape index (κ1) is 20.4. The van der Waals surface area contributed by atoms with Crippen LogP contribution in [0, 0.1) is 0 Å². The van der Waals surface area contributed by atoms with Gasteiger partial charge in [0.2, 0.25) is 0 Å². The summed E-state index contributed by atoms with van der Waals surface area (Å²) in [6.45, 7) is 4.25. The Morgan fingerprint density at radius 2 is 1.94 bits per heavy atom. The van der Waals surface area contributed by atoms with Gasteiger partial charge in [-0.1, -0.05) is 6.07 Å².